The number of amides is 1. The van der Waals surface area contributed by atoms with E-state index in [1.807, 2.05) is 4.90 Å². The summed E-state index contributed by atoms with van der Waals surface area (Å²) in [5.41, 5.74) is 0. The van der Waals surface area contributed by atoms with Crippen molar-refractivity contribution < 1.29 is 14.3 Å². The molecule has 0 aromatic carbocycles. The predicted molar refractivity (Wildman–Crippen MR) is 110 cm³/mol. The van der Waals surface area contributed by atoms with Crippen LogP contribution >= 0.6 is 24.0 Å². The van der Waals surface area contributed by atoms with Crippen LogP contribution in [0.3, 0.4) is 0 Å². The molecular weight excluding hydrogens is 447 g/mol. The largest absolute Gasteiger partial charge is 0.378 e. The third-order valence-corrected chi connectivity index (χ3v) is 6.04. The van der Waals surface area contributed by atoms with Gasteiger partial charge < -0.3 is 24.6 Å². The molecule has 4 fully saturated rings. The van der Waals surface area contributed by atoms with Crippen LogP contribution in [0.1, 0.15) is 26.2 Å². The lowest BCUT2D eigenvalue weighted by Gasteiger charge is -2.27. The highest BCUT2D eigenvalue weighted by Crippen LogP contribution is 2.47. The first-order valence-electron chi connectivity index (χ1n) is 9.80. The maximum atomic E-state index is 12.3. The van der Waals surface area contributed by atoms with Crippen LogP contribution in [0.5, 0.6) is 0 Å². The highest BCUT2D eigenvalue weighted by Gasteiger charge is 2.53. The van der Waals surface area contributed by atoms with E-state index in [9.17, 15) is 4.79 Å². The smallest absolute Gasteiger partial charge is 0.224 e. The number of carbonyl (C=O) groups excluding carboxylic acids is 1. The Labute approximate surface area is 172 Å². The number of hydrogen-bond donors (Lipinski definition) is 1. The minimum Gasteiger partial charge on any atom is -0.378 e. The van der Waals surface area contributed by atoms with E-state index in [4.69, 9.17) is 14.5 Å². The summed E-state index contributed by atoms with van der Waals surface area (Å²) in [5.74, 6) is 2.48. The van der Waals surface area contributed by atoms with Crippen molar-refractivity contribution in [3.05, 3.63) is 0 Å². The van der Waals surface area contributed by atoms with Gasteiger partial charge in [0.05, 0.1) is 32.0 Å². The highest BCUT2D eigenvalue weighted by atomic mass is 127. The number of halogens is 1. The Morgan fingerprint density at radius 1 is 1.12 bits per heavy atom. The zero-order valence-corrected chi connectivity index (χ0v) is 17.9. The number of rotatable bonds is 4. The lowest BCUT2D eigenvalue weighted by Crippen LogP contribution is -2.42. The Bertz CT molecular complexity index is 509. The number of nitrogens with one attached hydrogen (secondary N) is 1. The molecule has 4 rings (SSSR count). The van der Waals surface area contributed by atoms with Gasteiger partial charge in [-0.1, -0.05) is 0 Å². The molecule has 4 heterocycles. The Hall–Kier alpha value is -0.610. The maximum Gasteiger partial charge on any atom is 0.224 e. The average Bonchev–Trinajstić information content (AvgIpc) is 3.34. The molecule has 8 heteroatoms. The summed E-state index contributed by atoms with van der Waals surface area (Å²) >= 11 is 0. The maximum absolute atomic E-state index is 12.3. The monoisotopic (exact) mass is 478 g/mol. The molecule has 0 aliphatic carbocycles. The summed E-state index contributed by atoms with van der Waals surface area (Å²) < 4.78 is 11.4. The number of guanidine groups is 1. The highest BCUT2D eigenvalue weighted by molar-refractivity contribution is 14.0. The van der Waals surface area contributed by atoms with E-state index >= 15 is 0 Å². The lowest BCUT2D eigenvalue weighted by molar-refractivity contribution is -0.135. The van der Waals surface area contributed by atoms with E-state index in [2.05, 4.69) is 17.1 Å². The van der Waals surface area contributed by atoms with Crippen LogP contribution in [0.25, 0.3) is 0 Å². The van der Waals surface area contributed by atoms with E-state index in [0.29, 0.717) is 63.3 Å². The Kier molecular flexibility index (Phi) is 7.01. The quantitative estimate of drug-likeness (QED) is 0.370. The second kappa shape index (κ2) is 9.05. The van der Waals surface area contributed by atoms with Gasteiger partial charge in [0, 0.05) is 51.0 Å². The fourth-order valence-electron chi connectivity index (χ4n) is 4.79. The fraction of sp³-hybridized carbons (Fsp3) is 0.889. The normalized spacial score (nSPS) is 33.2. The minimum absolute atomic E-state index is 0. The lowest BCUT2D eigenvalue weighted by atomic mass is 9.82. The van der Waals surface area contributed by atoms with Crippen LogP contribution in [0, 0.1) is 11.8 Å². The van der Waals surface area contributed by atoms with Gasteiger partial charge in [0.25, 0.3) is 0 Å². The van der Waals surface area contributed by atoms with Crippen molar-refractivity contribution in [3.63, 3.8) is 0 Å². The van der Waals surface area contributed by atoms with E-state index in [-0.39, 0.29) is 29.9 Å². The number of ether oxygens (including phenoxy) is 2. The van der Waals surface area contributed by atoms with Crippen molar-refractivity contribution in [1.29, 1.82) is 0 Å². The number of nitrogens with zero attached hydrogens (tertiary/aromatic N) is 3. The van der Waals surface area contributed by atoms with E-state index < -0.39 is 0 Å². The molecule has 0 saturated carbocycles. The van der Waals surface area contributed by atoms with Gasteiger partial charge in [0.15, 0.2) is 5.96 Å². The third kappa shape index (κ3) is 4.11. The van der Waals surface area contributed by atoms with Crippen LogP contribution < -0.4 is 5.32 Å². The third-order valence-electron chi connectivity index (χ3n) is 6.04. The Morgan fingerprint density at radius 2 is 1.77 bits per heavy atom. The van der Waals surface area contributed by atoms with Crippen molar-refractivity contribution >= 4 is 35.8 Å². The van der Waals surface area contributed by atoms with Gasteiger partial charge in [-0.25, -0.2) is 0 Å². The van der Waals surface area contributed by atoms with Gasteiger partial charge in [-0.05, 0) is 19.8 Å². The number of carbonyl (C=O) groups is 1. The molecule has 4 saturated heterocycles. The van der Waals surface area contributed by atoms with Crippen LogP contribution in [-0.4, -0.2) is 86.4 Å². The van der Waals surface area contributed by atoms with E-state index in [0.717, 1.165) is 25.6 Å². The van der Waals surface area contributed by atoms with Gasteiger partial charge in [-0.3, -0.25) is 9.79 Å². The summed E-state index contributed by atoms with van der Waals surface area (Å²) in [6.45, 7) is 8.29. The van der Waals surface area contributed by atoms with Crippen molar-refractivity contribution in [2.24, 2.45) is 16.8 Å². The number of hydrogen-bond acceptors (Lipinski definition) is 4. The first-order valence-corrected chi connectivity index (χ1v) is 9.80. The molecular formula is C18H31IN4O3. The number of morpholine rings is 1. The first kappa shape index (κ1) is 20.1. The molecule has 26 heavy (non-hydrogen) atoms. The predicted octanol–water partition coefficient (Wildman–Crippen LogP) is 0.928. The molecule has 4 unspecified atom stereocenters. The number of fused-ring (bicyclic) bond motifs is 5. The van der Waals surface area contributed by atoms with Crippen LogP contribution in [-0.2, 0) is 14.3 Å². The minimum atomic E-state index is 0. The second-order valence-corrected chi connectivity index (χ2v) is 7.50. The molecule has 2 bridgehead atoms. The first-order chi connectivity index (χ1) is 12.3. The van der Waals surface area contributed by atoms with Crippen molar-refractivity contribution in [2.75, 3.05) is 52.5 Å². The molecule has 4 aliphatic heterocycles. The molecule has 0 aromatic rings. The van der Waals surface area contributed by atoms with E-state index in [1.165, 1.54) is 12.8 Å². The van der Waals surface area contributed by atoms with Crippen molar-refractivity contribution in [1.82, 2.24) is 15.1 Å². The summed E-state index contributed by atoms with van der Waals surface area (Å²) in [5, 5.41) is 3.41. The molecule has 1 amide bonds. The second-order valence-electron chi connectivity index (χ2n) is 7.50. The Morgan fingerprint density at radius 3 is 2.38 bits per heavy atom. The Balaban J connectivity index is 0.00000196. The number of aliphatic imine (C=N–C) groups is 1. The molecule has 0 radical (unpaired) electrons. The van der Waals surface area contributed by atoms with Gasteiger partial charge in [0.1, 0.15) is 0 Å². The summed E-state index contributed by atoms with van der Waals surface area (Å²) in [4.78, 5) is 21.3. The molecule has 1 N–H and O–H groups in total. The molecule has 0 spiro atoms. The summed E-state index contributed by atoms with van der Waals surface area (Å²) in [7, 11) is 0. The SMILES string of the molecule is CCNC(=NCCC(=O)N1CCOCC1)N1CC2C3CCC(O3)C2C1.I. The molecule has 7 nitrogen and oxygen atoms in total. The summed E-state index contributed by atoms with van der Waals surface area (Å²) in [6.07, 6.45) is 3.85. The van der Waals surface area contributed by atoms with Crippen molar-refractivity contribution in [2.45, 2.75) is 38.4 Å². The average molecular weight is 478 g/mol. The molecule has 0 aromatic heterocycles. The topological polar surface area (TPSA) is 66.4 Å². The van der Waals surface area contributed by atoms with Crippen LogP contribution in [0.15, 0.2) is 4.99 Å². The van der Waals surface area contributed by atoms with E-state index in [1.54, 1.807) is 0 Å². The molecule has 4 atom stereocenters. The van der Waals surface area contributed by atoms with Gasteiger partial charge >= 0.3 is 0 Å². The molecule has 148 valence electrons. The molecule has 4 aliphatic rings. The van der Waals surface area contributed by atoms with Crippen molar-refractivity contribution in [3.8, 4) is 0 Å². The zero-order valence-electron chi connectivity index (χ0n) is 15.6. The zero-order chi connectivity index (χ0) is 17.2. The summed E-state index contributed by atoms with van der Waals surface area (Å²) in [6, 6.07) is 0. The van der Waals surface area contributed by atoms with Gasteiger partial charge in [-0.2, -0.15) is 0 Å². The van der Waals surface area contributed by atoms with Crippen LogP contribution in [0.4, 0.5) is 0 Å². The van der Waals surface area contributed by atoms with Crippen LogP contribution in [0.2, 0.25) is 0 Å². The number of likely N-dealkylation sites (tertiary alicyclic amines) is 1. The van der Waals surface area contributed by atoms with Gasteiger partial charge in [0.2, 0.25) is 5.91 Å². The standard InChI is InChI=1S/C18H30N4O3.HI/c1-2-19-18(20-6-5-17(23)21-7-9-24-10-8-21)22-11-13-14(12-22)16-4-3-15(13)25-16;/h13-16H,2-12H2,1H3,(H,19,20);1H. The fourth-order valence-corrected chi connectivity index (χ4v) is 4.79. The van der Waals surface area contributed by atoms with Gasteiger partial charge in [-0.15, -0.1) is 24.0 Å².